The molecule has 0 radical (unpaired) electrons. The molecule has 0 fully saturated rings. The van der Waals surface area contributed by atoms with Crippen molar-refractivity contribution in [2.45, 2.75) is 5.75 Å². The summed E-state index contributed by atoms with van der Waals surface area (Å²) < 4.78 is 1.11. The highest BCUT2D eigenvalue weighted by atomic mass is 79.9. The second kappa shape index (κ2) is 9.05. The van der Waals surface area contributed by atoms with Gasteiger partial charge in [-0.25, -0.2) is 0 Å². The number of carbonyl (C=O) groups is 1. The van der Waals surface area contributed by atoms with Gasteiger partial charge in [0.1, 0.15) is 5.69 Å². The van der Waals surface area contributed by atoms with Crippen molar-refractivity contribution < 1.29 is 9.72 Å². The maximum Gasteiger partial charge on any atom is 0.293 e. The Morgan fingerprint density at radius 3 is 2.79 bits per heavy atom. The van der Waals surface area contributed by atoms with E-state index in [4.69, 9.17) is 0 Å². The predicted molar refractivity (Wildman–Crippen MR) is 103 cm³/mol. The fourth-order valence-electron chi connectivity index (χ4n) is 1.98. The van der Waals surface area contributed by atoms with Crippen molar-refractivity contribution in [1.29, 1.82) is 0 Å². The lowest BCUT2D eigenvalue weighted by molar-refractivity contribution is -0.384. The SMILES string of the molecule is CNc1ccc(C(=O)NCCSCc2ccc(Br)s2)cc1[N+](=O)[O-]. The van der Waals surface area contributed by atoms with Crippen molar-refractivity contribution >= 4 is 56.3 Å². The summed E-state index contributed by atoms with van der Waals surface area (Å²) in [6.07, 6.45) is 0. The van der Waals surface area contributed by atoms with Crippen molar-refractivity contribution in [3.05, 3.63) is 54.7 Å². The van der Waals surface area contributed by atoms with Gasteiger partial charge < -0.3 is 10.6 Å². The lowest BCUT2D eigenvalue weighted by Gasteiger charge is -2.07. The molecular formula is C15H16BrN3O3S2. The van der Waals surface area contributed by atoms with E-state index < -0.39 is 4.92 Å². The molecule has 0 atom stereocenters. The van der Waals surface area contributed by atoms with Crippen LogP contribution in [0.1, 0.15) is 15.2 Å². The molecule has 0 aliphatic rings. The summed E-state index contributed by atoms with van der Waals surface area (Å²) in [7, 11) is 1.60. The largest absolute Gasteiger partial charge is 0.383 e. The highest BCUT2D eigenvalue weighted by molar-refractivity contribution is 9.11. The summed E-state index contributed by atoms with van der Waals surface area (Å²) in [5, 5.41) is 16.5. The molecule has 2 aromatic rings. The summed E-state index contributed by atoms with van der Waals surface area (Å²) in [4.78, 5) is 23.9. The number of nitro benzene ring substituents is 1. The summed E-state index contributed by atoms with van der Waals surface area (Å²) in [6.45, 7) is 0.512. The third-order valence-electron chi connectivity index (χ3n) is 3.13. The quantitative estimate of drug-likeness (QED) is 0.374. The van der Waals surface area contributed by atoms with E-state index in [2.05, 4.69) is 32.6 Å². The van der Waals surface area contributed by atoms with Gasteiger partial charge in [0.25, 0.3) is 11.6 Å². The highest BCUT2D eigenvalue weighted by Gasteiger charge is 2.16. The van der Waals surface area contributed by atoms with Crippen LogP contribution in [0.3, 0.4) is 0 Å². The van der Waals surface area contributed by atoms with Gasteiger partial charge in [-0.1, -0.05) is 0 Å². The van der Waals surface area contributed by atoms with Gasteiger partial charge in [0, 0.05) is 41.6 Å². The van der Waals surface area contributed by atoms with Gasteiger partial charge in [0.05, 0.1) is 8.71 Å². The zero-order chi connectivity index (χ0) is 17.5. The van der Waals surface area contributed by atoms with Gasteiger partial charge in [-0.15, -0.1) is 11.3 Å². The second-order valence-corrected chi connectivity index (χ2v) is 8.41. The summed E-state index contributed by atoms with van der Waals surface area (Å²) in [6, 6.07) is 8.49. The molecule has 128 valence electrons. The highest BCUT2D eigenvalue weighted by Crippen LogP contribution is 2.26. The molecule has 0 saturated carbocycles. The Morgan fingerprint density at radius 1 is 1.38 bits per heavy atom. The number of benzene rings is 1. The maximum atomic E-state index is 12.1. The lowest BCUT2D eigenvalue weighted by atomic mass is 10.1. The maximum absolute atomic E-state index is 12.1. The Labute approximate surface area is 156 Å². The molecule has 1 amide bonds. The first-order valence-electron chi connectivity index (χ1n) is 7.07. The van der Waals surface area contributed by atoms with Gasteiger partial charge in [-0.3, -0.25) is 14.9 Å². The molecule has 2 rings (SSSR count). The second-order valence-electron chi connectivity index (χ2n) is 4.75. The fraction of sp³-hybridized carbons (Fsp3) is 0.267. The Bertz CT molecular complexity index is 737. The van der Waals surface area contributed by atoms with Gasteiger partial charge >= 0.3 is 0 Å². The number of thiophene rings is 1. The Hall–Kier alpha value is -1.58. The van der Waals surface area contributed by atoms with Crippen LogP contribution in [0.2, 0.25) is 0 Å². The van der Waals surface area contributed by atoms with Crippen LogP contribution in [0.15, 0.2) is 34.1 Å². The Balaban J connectivity index is 1.82. The molecule has 1 aromatic carbocycles. The molecule has 0 aliphatic carbocycles. The molecule has 9 heteroatoms. The van der Waals surface area contributed by atoms with E-state index in [1.807, 2.05) is 6.07 Å². The molecule has 0 unspecified atom stereocenters. The number of anilines is 1. The number of nitrogens with one attached hydrogen (secondary N) is 2. The lowest BCUT2D eigenvalue weighted by Crippen LogP contribution is -2.25. The fourth-order valence-corrected chi connectivity index (χ4v) is 4.43. The van der Waals surface area contributed by atoms with Crippen LogP contribution in [-0.2, 0) is 5.75 Å². The van der Waals surface area contributed by atoms with Gasteiger partial charge in [0.15, 0.2) is 0 Å². The van der Waals surface area contributed by atoms with E-state index in [9.17, 15) is 14.9 Å². The van der Waals surface area contributed by atoms with E-state index in [0.717, 1.165) is 15.3 Å². The molecule has 0 bridgehead atoms. The first kappa shape index (κ1) is 18.8. The number of halogens is 1. The molecule has 0 aliphatic heterocycles. The van der Waals surface area contributed by atoms with E-state index in [0.29, 0.717) is 12.2 Å². The van der Waals surface area contributed by atoms with Crippen LogP contribution in [0, 0.1) is 10.1 Å². The number of hydrogen-bond acceptors (Lipinski definition) is 6. The predicted octanol–water partition coefficient (Wildman–Crippen LogP) is 4.12. The topological polar surface area (TPSA) is 84.3 Å². The van der Waals surface area contributed by atoms with Crippen molar-refractivity contribution in [2.24, 2.45) is 0 Å². The van der Waals surface area contributed by atoms with E-state index in [1.54, 1.807) is 36.2 Å². The average molecular weight is 430 g/mol. The van der Waals surface area contributed by atoms with Crippen molar-refractivity contribution in [2.75, 3.05) is 24.7 Å². The smallest absolute Gasteiger partial charge is 0.293 e. The number of nitrogens with zero attached hydrogens (tertiary/aromatic N) is 1. The van der Waals surface area contributed by atoms with Crippen molar-refractivity contribution in [1.82, 2.24) is 5.32 Å². The van der Waals surface area contributed by atoms with Gasteiger partial charge in [0.2, 0.25) is 0 Å². The Kier molecular flexibility index (Phi) is 7.07. The number of carbonyl (C=O) groups excluding carboxylic acids is 1. The van der Waals surface area contributed by atoms with Crippen molar-refractivity contribution in [3.8, 4) is 0 Å². The third kappa shape index (κ3) is 5.22. The minimum Gasteiger partial charge on any atom is -0.383 e. The number of amides is 1. The normalized spacial score (nSPS) is 10.4. The number of nitro groups is 1. The monoisotopic (exact) mass is 429 g/mol. The first-order valence-corrected chi connectivity index (χ1v) is 9.84. The molecule has 1 aromatic heterocycles. The molecular weight excluding hydrogens is 414 g/mol. The third-order valence-corrected chi connectivity index (χ3v) is 5.95. The van der Waals surface area contributed by atoms with Crippen LogP contribution in [-0.4, -0.2) is 30.2 Å². The van der Waals surface area contributed by atoms with Crippen LogP contribution in [0.25, 0.3) is 0 Å². The van der Waals surface area contributed by atoms with Crippen LogP contribution >= 0.6 is 39.0 Å². The molecule has 24 heavy (non-hydrogen) atoms. The van der Waals surface area contributed by atoms with E-state index in [1.165, 1.54) is 17.0 Å². The van der Waals surface area contributed by atoms with Gasteiger partial charge in [-0.2, -0.15) is 11.8 Å². The number of rotatable bonds is 8. The standard InChI is InChI=1S/C15H16BrN3O3S2/c1-17-12-4-2-10(8-13(12)19(21)22)15(20)18-6-7-23-9-11-3-5-14(16)24-11/h2-5,8,17H,6-7,9H2,1H3,(H,18,20). The average Bonchev–Trinajstić information content (AvgIpc) is 2.99. The number of hydrogen-bond donors (Lipinski definition) is 2. The molecule has 1 heterocycles. The Morgan fingerprint density at radius 2 is 2.17 bits per heavy atom. The van der Waals surface area contributed by atoms with Crippen LogP contribution in [0.4, 0.5) is 11.4 Å². The first-order chi connectivity index (χ1) is 11.5. The van der Waals surface area contributed by atoms with Gasteiger partial charge in [-0.05, 0) is 40.2 Å². The summed E-state index contributed by atoms with van der Waals surface area (Å²) in [5.41, 5.74) is 0.560. The zero-order valence-electron chi connectivity index (χ0n) is 12.9. The number of thioether (sulfide) groups is 1. The van der Waals surface area contributed by atoms with Crippen molar-refractivity contribution in [3.63, 3.8) is 0 Å². The summed E-state index contributed by atoms with van der Waals surface area (Å²) >= 11 is 6.85. The summed E-state index contributed by atoms with van der Waals surface area (Å²) in [5.74, 6) is 1.37. The molecule has 2 N–H and O–H groups in total. The van der Waals surface area contributed by atoms with Crippen LogP contribution < -0.4 is 10.6 Å². The van der Waals surface area contributed by atoms with Crippen LogP contribution in [0.5, 0.6) is 0 Å². The zero-order valence-corrected chi connectivity index (χ0v) is 16.1. The minimum atomic E-state index is -0.502. The molecule has 0 saturated heterocycles. The molecule has 0 spiro atoms. The van der Waals surface area contributed by atoms with E-state index in [-0.39, 0.29) is 17.2 Å². The van der Waals surface area contributed by atoms with E-state index >= 15 is 0 Å². The minimum absolute atomic E-state index is 0.109. The molecule has 6 nitrogen and oxygen atoms in total.